The Morgan fingerprint density at radius 2 is 1.67 bits per heavy atom. The molecule has 1 rings (SSSR count). The van der Waals surface area contributed by atoms with Gasteiger partial charge in [-0.3, -0.25) is 0 Å². The van der Waals surface area contributed by atoms with Crippen LogP contribution in [0.1, 0.15) is 46.1 Å². The van der Waals surface area contributed by atoms with E-state index in [0.717, 1.165) is 31.0 Å². The first-order valence-corrected chi connectivity index (χ1v) is 8.07. The molecule has 0 heterocycles. The number of nitrogens with one attached hydrogen (secondary N) is 1. The lowest BCUT2D eigenvalue weighted by Crippen LogP contribution is -2.45. The zero-order valence-electron chi connectivity index (χ0n) is 13.6. The van der Waals surface area contributed by atoms with E-state index in [1.165, 1.54) is 5.56 Å². The number of urea groups is 1. The van der Waals surface area contributed by atoms with Crippen LogP contribution >= 0.6 is 11.6 Å². The van der Waals surface area contributed by atoms with Gasteiger partial charge in [-0.25, -0.2) is 4.79 Å². The quantitative estimate of drug-likeness (QED) is 0.793. The van der Waals surface area contributed by atoms with Gasteiger partial charge in [0.15, 0.2) is 0 Å². The summed E-state index contributed by atoms with van der Waals surface area (Å²) in [5, 5.41) is 3.79. The number of halogens is 1. The molecule has 0 aliphatic carbocycles. The molecule has 0 saturated carbocycles. The summed E-state index contributed by atoms with van der Waals surface area (Å²) in [6, 6.07) is 7.84. The van der Waals surface area contributed by atoms with Gasteiger partial charge in [-0.15, -0.1) is 0 Å². The highest BCUT2D eigenvalue weighted by atomic mass is 35.5. The molecular formula is C17H27ClN2O. The molecule has 0 fully saturated rings. The fourth-order valence-electron chi connectivity index (χ4n) is 2.27. The van der Waals surface area contributed by atoms with E-state index < -0.39 is 0 Å². The minimum atomic E-state index is -0.121. The molecule has 1 N–H and O–H groups in total. The van der Waals surface area contributed by atoms with Crippen LogP contribution in [0.25, 0.3) is 0 Å². The SMILES string of the molecule is CCCN(CCC)C(=O)NCC(C)(C)c1ccc(Cl)cc1. The van der Waals surface area contributed by atoms with E-state index >= 15 is 0 Å². The Morgan fingerprint density at radius 1 is 1.14 bits per heavy atom. The standard InChI is InChI=1S/C17H27ClN2O/c1-5-11-20(12-6-2)16(21)19-13-17(3,4)14-7-9-15(18)10-8-14/h7-10H,5-6,11-13H2,1-4H3,(H,19,21). The third-order valence-electron chi connectivity index (χ3n) is 3.58. The Morgan fingerprint density at radius 3 is 2.14 bits per heavy atom. The van der Waals surface area contributed by atoms with Gasteiger partial charge in [0.1, 0.15) is 0 Å². The Bertz CT molecular complexity index is 437. The molecule has 0 aromatic heterocycles. The highest BCUT2D eigenvalue weighted by Gasteiger charge is 2.22. The second-order valence-corrected chi connectivity index (χ2v) is 6.47. The van der Waals surface area contributed by atoms with E-state index in [1.54, 1.807) is 0 Å². The summed E-state index contributed by atoms with van der Waals surface area (Å²) < 4.78 is 0. The molecule has 0 saturated heterocycles. The van der Waals surface area contributed by atoms with Crippen molar-refractivity contribution < 1.29 is 4.79 Å². The van der Waals surface area contributed by atoms with Crippen molar-refractivity contribution in [1.29, 1.82) is 0 Å². The van der Waals surface area contributed by atoms with E-state index in [4.69, 9.17) is 11.6 Å². The predicted molar refractivity (Wildman–Crippen MR) is 90.0 cm³/mol. The highest BCUT2D eigenvalue weighted by molar-refractivity contribution is 6.30. The van der Waals surface area contributed by atoms with Gasteiger partial charge in [0.25, 0.3) is 0 Å². The summed E-state index contributed by atoms with van der Waals surface area (Å²) in [4.78, 5) is 14.1. The fraction of sp³-hybridized carbons (Fsp3) is 0.588. The second-order valence-electron chi connectivity index (χ2n) is 6.04. The second kappa shape index (κ2) is 8.28. The maximum absolute atomic E-state index is 12.2. The van der Waals surface area contributed by atoms with Crippen LogP contribution in [0.5, 0.6) is 0 Å². The molecule has 0 spiro atoms. The van der Waals surface area contributed by atoms with Crippen molar-refractivity contribution in [2.75, 3.05) is 19.6 Å². The first kappa shape index (κ1) is 17.8. The van der Waals surface area contributed by atoms with E-state index in [1.807, 2.05) is 29.2 Å². The monoisotopic (exact) mass is 310 g/mol. The number of carbonyl (C=O) groups excluding carboxylic acids is 1. The van der Waals surface area contributed by atoms with Crippen molar-refractivity contribution in [3.63, 3.8) is 0 Å². The van der Waals surface area contributed by atoms with E-state index in [9.17, 15) is 4.79 Å². The molecule has 0 unspecified atom stereocenters. The third kappa shape index (κ3) is 5.58. The van der Waals surface area contributed by atoms with Gasteiger partial charge in [0.2, 0.25) is 0 Å². The van der Waals surface area contributed by atoms with Gasteiger partial charge < -0.3 is 10.2 Å². The van der Waals surface area contributed by atoms with Crippen molar-refractivity contribution in [3.05, 3.63) is 34.9 Å². The van der Waals surface area contributed by atoms with Gasteiger partial charge in [0, 0.05) is 30.1 Å². The summed E-state index contributed by atoms with van der Waals surface area (Å²) in [5.74, 6) is 0. The number of hydrogen-bond acceptors (Lipinski definition) is 1. The smallest absolute Gasteiger partial charge is 0.317 e. The molecule has 0 aliphatic heterocycles. The maximum Gasteiger partial charge on any atom is 0.317 e. The fourth-order valence-corrected chi connectivity index (χ4v) is 2.39. The average Bonchev–Trinajstić information content (AvgIpc) is 2.45. The molecule has 0 bridgehead atoms. The molecule has 3 nitrogen and oxygen atoms in total. The molecule has 4 heteroatoms. The number of hydrogen-bond donors (Lipinski definition) is 1. The Hall–Kier alpha value is -1.22. The lowest BCUT2D eigenvalue weighted by atomic mass is 9.85. The van der Waals surface area contributed by atoms with Crippen molar-refractivity contribution >= 4 is 17.6 Å². The van der Waals surface area contributed by atoms with Crippen molar-refractivity contribution in [3.8, 4) is 0 Å². The number of rotatable bonds is 7. The van der Waals surface area contributed by atoms with E-state index in [2.05, 4.69) is 33.0 Å². The number of nitrogens with zero attached hydrogens (tertiary/aromatic N) is 1. The van der Waals surface area contributed by atoms with Gasteiger partial charge in [-0.05, 0) is 30.5 Å². The topological polar surface area (TPSA) is 32.3 Å². The molecule has 2 amide bonds. The van der Waals surface area contributed by atoms with Crippen LogP contribution < -0.4 is 5.32 Å². The van der Waals surface area contributed by atoms with Crippen molar-refractivity contribution in [2.45, 2.75) is 46.0 Å². The summed E-state index contributed by atoms with van der Waals surface area (Å²) in [6.45, 7) is 10.7. The molecular weight excluding hydrogens is 284 g/mol. The molecule has 118 valence electrons. The predicted octanol–water partition coefficient (Wildman–Crippen LogP) is 4.45. The summed E-state index contributed by atoms with van der Waals surface area (Å²) >= 11 is 5.92. The van der Waals surface area contributed by atoms with Crippen LogP contribution in [-0.4, -0.2) is 30.6 Å². The Labute approximate surface area is 133 Å². The van der Waals surface area contributed by atoms with E-state index in [-0.39, 0.29) is 11.4 Å². The van der Waals surface area contributed by atoms with Crippen LogP contribution in [0.2, 0.25) is 5.02 Å². The van der Waals surface area contributed by atoms with Gasteiger partial charge >= 0.3 is 6.03 Å². The lowest BCUT2D eigenvalue weighted by molar-refractivity contribution is 0.195. The zero-order chi connectivity index (χ0) is 15.9. The molecule has 21 heavy (non-hydrogen) atoms. The first-order chi connectivity index (χ1) is 9.90. The van der Waals surface area contributed by atoms with Crippen LogP contribution in [0, 0.1) is 0 Å². The van der Waals surface area contributed by atoms with Crippen molar-refractivity contribution in [1.82, 2.24) is 10.2 Å². The Balaban J connectivity index is 2.63. The van der Waals surface area contributed by atoms with Crippen LogP contribution in [0.3, 0.4) is 0 Å². The molecule has 0 aliphatic rings. The first-order valence-electron chi connectivity index (χ1n) is 7.69. The average molecular weight is 311 g/mol. The summed E-state index contributed by atoms with van der Waals surface area (Å²) in [6.07, 6.45) is 1.96. The normalized spacial score (nSPS) is 11.3. The van der Waals surface area contributed by atoms with Gasteiger partial charge in [-0.1, -0.05) is 51.4 Å². The third-order valence-corrected chi connectivity index (χ3v) is 3.83. The van der Waals surface area contributed by atoms with Gasteiger partial charge in [-0.2, -0.15) is 0 Å². The molecule has 0 radical (unpaired) electrons. The molecule has 0 atom stereocenters. The molecule has 1 aromatic carbocycles. The number of carbonyl (C=O) groups is 1. The van der Waals surface area contributed by atoms with Gasteiger partial charge in [0.05, 0.1) is 0 Å². The largest absolute Gasteiger partial charge is 0.337 e. The minimum absolute atomic E-state index is 0.0285. The van der Waals surface area contributed by atoms with Crippen LogP contribution in [0.4, 0.5) is 4.79 Å². The maximum atomic E-state index is 12.2. The lowest BCUT2D eigenvalue weighted by Gasteiger charge is -2.28. The number of amides is 2. The van der Waals surface area contributed by atoms with Crippen LogP contribution in [-0.2, 0) is 5.41 Å². The van der Waals surface area contributed by atoms with Crippen molar-refractivity contribution in [2.24, 2.45) is 0 Å². The number of benzene rings is 1. The minimum Gasteiger partial charge on any atom is -0.337 e. The highest BCUT2D eigenvalue weighted by Crippen LogP contribution is 2.23. The van der Waals surface area contributed by atoms with E-state index in [0.29, 0.717) is 6.54 Å². The summed E-state index contributed by atoms with van der Waals surface area (Å²) in [5.41, 5.74) is 1.05. The molecule has 1 aromatic rings. The van der Waals surface area contributed by atoms with Crippen LogP contribution in [0.15, 0.2) is 24.3 Å². The summed E-state index contributed by atoms with van der Waals surface area (Å²) in [7, 11) is 0. The Kier molecular flexibility index (Phi) is 7.03. The zero-order valence-corrected chi connectivity index (χ0v) is 14.3.